The van der Waals surface area contributed by atoms with E-state index in [2.05, 4.69) is 20.5 Å². The zero-order chi connectivity index (χ0) is 13.1. The van der Waals surface area contributed by atoms with Crippen molar-refractivity contribution >= 4 is 5.91 Å². The molecule has 5 heteroatoms. The summed E-state index contributed by atoms with van der Waals surface area (Å²) in [6, 6.07) is 3.72. The number of aromatic amines is 1. The van der Waals surface area contributed by atoms with Crippen molar-refractivity contribution in [2.45, 2.75) is 26.8 Å². The van der Waals surface area contributed by atoms with Crippen molar-refractivity contribution in [3.05, 3.63) is 47.0 Å². The molecule has 0 bridgehead atoms. The number of hydrogen-bond donors (Lipinski definition) is 2. The zero-order valence-electron chi connectivity index (χ0n) is 10.7. The summed E-state index contributed by atoms with van der Waals surface area (Å²) in [4.78, 5) is 16.1. The van der Waals surface area contributed by atoms with Crippen LogP contribution in [-0.2, 0) is 0 Å². The van der Waals surface area contributed by atoms with Crippen LogP contribution in [0.1, 0.15) is 40.3 Å². The Hall–Kier alpha value is -2.17. The Kier molecular flexibility index (Phi) is 3.41. The van der Waals surface area contributed by atoms with Crippen molar-refractivity contribution in [1.82, 2.24) is 20.5 Å². The molecule has 0 radical (unpaired) electrons. The molecule has 0 fully saturated rings. The molecule has 1 atom stereocenters. The molecule has 1 amide bonds. The molecule has 94 valence electrons. The van der Waals surface area contributed by atoms with Crippen LogP contribution in [0.5, 0.6) is 0 Å². The Bertz CT molecular complexity index is 528. The van der Waals surface area contributed by atoms with Crippen molar-refractivity contribution in [2.75, 3.05) is 0 Å². The van der Waals surface area contributed by atoms with Gasteiger partial charge in [-0.25, -0.2) is 0 Å². The molecule has 1 unspecified atom stereocenters. The first kappa shape index (κ1) is 12.3. The minimum absolute atomic E-state index is 0.0609. The lowest BCUT2D eigenvalue weighted by molar-refractivity contribution is 0.0938. The Morgan fingerprint density at radius 2 is 2.00 bits per heavy atom. The lowest BCUT2D eigenvalue weighted by Gasteiger charge is -2.14. The molecule has 0 spiro atoms. The normalized spacial score (nSPS) is 12.2. The number of pyridine rings is 1. The number of nitrogens with one attached hydrogen (secondary N) is 2. The Labute approximate surface area is 106 Å². The number of H-pyrrole nitrogens is 1. The summed E-state index contributed by atoms with van der Waals surface area (Å²) in [5.74, 6) is -0.108. The van der Waals surface area contributed by atoms with Gasteiger partial charge in [-0.05, 0) is 38.5 Å². The number of carbonyl (C=O) groups is 1. The summed E-state index contributed by atoms with van der Waals surface area (Å²) in [5.41, 5.74) is 3.15. The summed E-state index contributed by atoms with van der Waals surface area (Å²) in [6.45, 7) is 5.60. The molecule has 0 aliphatic rings. The van der Waals surface area contributed by atoms with Crippen LogP contribution >= 0.6 is 0 Å². The Morgan fingerprint density at radius 1 is 1.33 bits per heavy atom. The molecule has 0 saturated carbocycles. The van der Waals surface area contributed by atoms with Crippen LogP contribution in [0.3, 0.4) is 0 Å². The first-order chi connectivity index (χ1) is 8.59. The second-order valence-electron chi connectivity index (χ2n) is 4.28. The molecule has 18 heavy (non-hydrogen) atoms. The number of rotatable bonds is 3. The van der Waals surface area contributed by atoms with E-state index in [1.54, 1.807) is 12.4 Å². The average Bonchev–Trinajstić information content (AvgIpc) is 2.70. The fraction of sp³-hybridized carbons (Fsp3) is 0.308. The molecule has 0 saturated heterocycles. The SMILES string of the molecule is Cc1n[nH]c(C)c1C(=O)NC(C)c1ccncc1. The lowest BCUT2D eigenvalue weighted by atomic mass is 10.1. The maximum absolute atomic E-state index is 12.1. The molecule has 5 nitrogen and oxygen atoms in total. The zero-order valence-corrected chi connectivity index (χ0v) is 10.7. The predicted molar refractivity (Wildman–Crippen MR) is 68.2 cm³/mol. The topological polar surface area (TPSA) is 70.7 Å². The van der Waals surface area contributed by atoms with Crippen molar-refractivity contribution in [3.8, 4) is 0 Å². The molecule has 0 aliphatic carbocycles. The molecular weight excluding hydrogens is 228 g/mol. The van der Waals surface area contributed by atoms with Crippen LogP contribution in [0.2, 0.25) is 0 Å². The van der Waals surface area contributed by atoms with Gasteiger partial charge >= 0.3 is 0 Å². The van der Waals surface area contributed by atoms with Crippen LogP contribution < -0.4 is 5.32 Å². The number of carbonyl (C=O) groups excluding carboxylic acids is 1. The number of aryl methyl sites for hydroxylation is 2. The maximum atomic E-state index is 12.1. The standard InChI is InChI=1S/C13H16N4O/c1-8(11-4-6-14-7-5-11)15-13(18)12-9(2)16-17-10(12)3/h4-8H,1-3H3,(H,15,18)(H,16,17). The van der Waals surface area contributed by atoms with Crippen LogP contribution in [0.25, 0.3) is 0 Å². The van der Waals surface area contributed by atoms with Crippen molar-refractivity contribution < 1.29 is 4.79 Å². The third kappa shape index (κ3) is 2.40. The van der Waals surface area contributed by atoms with Gasteiger partial charge in [-0.3, -0.25) is 14.9 Å². The highest BCUT2D eigenvalue weighted by atomic mass is 16.1. The van der Waals surface area contributed by atoms with E-state index >= 15 is 0 Å². The summed E-state index contributed by atoms with van der Waals surface area (Å²) >= 11 is 0. The summed E-state index contributed by atoms with van der Waals surface area (Å²) < 4.78 is 0. The summed E-state index contributed by atoms with van der Waals surface area (Å²) in [7, 11) is 0. The van der Waals surface area contributed by atoms with Crippen molar-refractivity contribution in [1.29, 1.82) is 0 Å². The van der Waals surface area contributed by atoms with Gasteiger partial charge in [-0.15, -0.1) is 0 Å². The second kappa shape index (κ2) is 5.00. The highest BCUT2D eigenvalue weighted by molar-refractivity contribution is 5.96. The summed E-state index contributed by atoms with van der Waals surface area (Å²) in [6.07, 6.45) is 3.43. The van der Waals surface area contributed by atoms with Gasteiger partial charge < -0.3 is 5.32 Å². The van der Waals surface area contributed by atoms with Crippen LogP contribution in [0.15, 0.2) is 24.5 Å². The summed E-state index contributed by atoms with van der Waals surface area (Å²) in [5, 5.41) is 9.78. The molecule has 0 aliphatic heterocycles. The van der Waals surface area contributed by atoms with Gasteiger partial charge in [0.25, 0.3) is 5.91 Å². The average molecular weight is 244 g/mol. The Balaban J connectivity index is 2.13. The molecule has 0 aromatic carbocycles. The quantitative estimate of drug-likeness (QED) is 0.866. The number of aromatic nitrogens is 3. The fourth-order valence-electron chi connectivity index (χ4n) is 1.89. The van der Waals surface area contributed by atoms with Gasteiger partial charge in [0.15, 0.2) is 0 Å². The number of hydrogen-bond acceptors (Lipinski definition) is 3. The van der Waals surface area contributed by atoms with Gasteiger partial charge in [-0.1, -0.05) is 0 Å². The van der Waals surface area contributed by atoms with E-state index < -0.39 is 0 Å². The van der Waals surface area contributed by atoms with E-state index in [1.807, 2.05) is 32.9 Å². The van der Waals surface area contributed by atoms with E-state index in [1.165, 1.54) is 0 Å². The van der Waals surface area contributed by atoms with Crippen LogP contribution in [0, 0.1) is 13.8 Å². The smallest absolute Gasteiger partial charge is 0.255 e. The molecule has 2 aromatic heterocycles. The first-order valence-corrected chi connectivity index (χ1v) is 5.82. The van der Waals surface area contributed by atoms with Gasteiger partial charge in [0.2, 0.25) is 0 Å². The van der Waals surface area contributed by atoms with Gasteiger partial charge in [0.05, 0.1) is 17.3 Å². The second-order valence-corrected chi connectivity index (χ2v) is 4.28. The third-order valence-corrected chi connectivity index (χ3v) is 2.91. The molecule has 2 aromatic rings. The van der Waals surface area contributed by atoms with Crippen molar-refractivity contribution in [2.24, 2.45) is 0 Å². The monoisotopic (exact) mass is 244 g/mol. The molecule has 2 N–H and O–H groups in total. The first-order valence-electron chi connectivity index (χ1n) is 5.82. The predicted octanol–water partition coefficient (Wildman–Crippen LogP) is 1.91. The molecule has 2 heterocycles. The van der Waals surface area contributed by atoms with Gasteiger partial charge in [0.1, 0.15) is 0 Å². The highest BCUT2D eigenvalue weighted by Crippen LogP contribution is 2.14. The van der Waals surface area contributed by atoms with Gasteiger partial charge in [-0.2, -0.15) is 5.10 Å². The number of nitrogens with zero attached hydrogens (tertiary/aromatic N) is 2. The Morgan fingerprint density at radius 3 is 2.56 bits per heavy atom. The lowest BCUT2D eigenvalue weighted by Crippen LogP contribution is -2.27. The largest absolute Gasteiger partial charge is 0.345 e. The van der Waals surface area contributed by atoms with E-state index in [4.69, 9.17) is 0 Å². The van der Waals surface area contributed by atoms with E-state index in [0.29, 0.717) is 11.3 Å². The third-order valence-electron chi connectivity index (χ3n) is 2.91. The minimum Gasteiger partial charge on any atom is -0.345 e. The highest BCUT2D eigenvalue weighted by Gasteiger charge is 2.17. The minimum atomic E-state index is -0.108. The van der Waals surface area contributed by atoms with E-state index in [-0.39, 0.29) is 11.9 Å². The van der Waals surface area contributed by atoms with Crippen LogP contribution in [-0.4, -0.2) is 21.1 Å². The van der Waals surface area contributed by atoms with Crippen LogP contribution in [0.4, 0.5) is 0 Å². The molecule has 2 rings (SSSR count). The van der Waals surface area contributed by atoms with E-state index in [9.17, 15) is 4.79 Å². The molecular formula is C13H16N4O. The van der Waals surface area contributed by atoms with Crippen molar-refractivity contribution in [3.63, 3.8) is 0 Å². The fourth-order valence-corrected chi connectivity index (χ4v) is 1.89. The van der Waals surface area contributed by atoms with E-state index in [0.717, 1.165) is 11.3 Å². The number of amides is 1. The maximum Gasteiger partial charge on any atom is 0.255 e. The van der Waals surface area contributed by atoms with Gasteiger partial charge in [0, 0.05) is 18.1 Å².